The number of thioether (sulfide) groups is 1. The van der Waals surface area contributed by atoms with E-state index in [9.17, 15) is 4.79 Å². The molecule has 20 heavy (non-hydrogen) atoms. The third kappa shape index (κ3) is 4.29. The van der Waals surface area contributed by atoms with Crippen molar-refractivity contribution >= 4 is 40.9 Å². The Bertz CT molecular complexity index is 476. The summed E-state index contributed by atoms with van der Waals surface area (Å²) in [6.45, 7) is 1.66. The van der Waals surface area contributed by atoms with E-state index in [1.807, 2.05) is 11.9 Å². The Kier molecular flexibility index (Phi) is 6.02. The van der Waals surface area contributed by atoms with Gasteiger partial charge in [0, 0.05) is 29.0 Å². The number of carbonyl (C=O) groups excluding carboxylic acids is 1. The van der Waals surface area contributed by atoms with Crippen molar-refractivity contribution < 1.29 is 4.79 Å². The van der Waals surface area contributed by atoms with Crippen LogP contribution in [-0.4, -0.2) is 42.7 Å². The second-order valence-electron chi connectivity index (χ2n) is 4.81. The number of halogens is 2. The molecule has 1 aromatic rings. The fraction of sp³-hybridized carbons (Fsp3) is 0.500. The first-order valence-corrected chi connectivity index (χ1v) is 8.37. The molecule has 0 spiro atoms. The van der Waals surface area contributed by atoms with Gasteiger partial charge in [-0.1, -0.05) is 23.2 Å². The van der Waals surface area contributed by atoms with Gasteiger partial charge in [-0.3, -0.25) is 4.79 Å². The molecule has 2 rings (SSSR count). The molecule has 1 saturated heterocycles. The largest absolute Gasteiger partial charge is 0.342 e. The highest BCUT2D eigenvalue weighted by molar-refractivity contribution is 8.00. The molecule has 0 aliphatic carbocycles. The lowest BCUT2D eigenvalue weighted by Crippen LogP contribution is -2.44. The predicted octanol–water partition coefficient (Wildman–Crippen LogP) is 3.30. The Balaban J connectivity index is 1.85. The van der Waals surface area contributed by atoms with Gasteiger partial charge < -0.3 is 10.2 Å². The second-order valence-corrected chi connectivity index (χ2v) is 6.67. The predicted molar refractivity (Wildman–Crippen MR) is 85.8 cm³/mol. The molecule has 0 aromatic heterocycles. The van der Waals surface area contributed by atoms with Crippen LogP contribution in [0.25, 0.3) is 0 Å². The molecule has 1 fully saturated rings. The summed E-state index contributed by atoms with van der Waals surface area (Å²) in [6.07, 6.45) is 2.04. The summed E-state index contributed by atoms with van der Waals surface area (Å²) in [5, 5.41) is 4.54. The number of nitrogens with one attached hydrogen (secondary N) is 1. The number of hydrogen-bond donors (Lipinski definition) is 1. The third-order valence-electron chi connectivity index (χ3n) is 3.50. The third-order valence-corrected chi connectivity index (χ3v) is 5.22. The fourth-order valence-electron chi connectivity index (χ4n) is 2.24. The smallest absolute Gasteiger partial charge is 0.232 e. The van der Waals surface area contributed by atoms with Crippen LogP contribution in [0.3, 0.4) is 0 Å². The number of hydrogen-bond acceptors (Lipinski definition) is 3. The van der Waals surface area contributed by atoms with Gasteiger partial charge in [-0.2, -0.15) is 0 Å². The van der Waals surface area contributed by atoms with Crippen LogP contribution in [-0.2, 0) is 4.79 Å². The first-order valence-electron chi connectivity index (χ1n) is 6.63. The molecule has 1 aromatic carbocycles. The molecule has 0 bridgehead atoms. The topological polar surface area (TPSA) is 32.3 Å². The second kappa shape index (κ2) is 7.55. The molecule has 0 saturated carbocycles. The van der Waals surface area contributed by atoms with Crippen LogP contribution in [0.5, 0.6) is 0 Å². The van der Waals surface area contributed by atoms with Gasteiger partial charge in [-0.25, -0.2) is 0 Å². The molecule has 1 aliphatic rings. The van der Waals surface area contributed by atoms with Crippen molar-refractivity contribution in [3.05, 3.63) is 28.2 Å². The van der Waals surface area contributed by atoms with E-state index < -0.39 is 0 Å². The van der Waals surface area contributed by atoms with Crippen molar-refractivity contribution in [1.82, 2.24) is 10.2 Å². The minimum atomic E-state index is 0.167. The molecule has 3 nitrogen and oxygen atoms in total. The van der Waals surface area contributed by atoms with Gasteiger partial charge in [0.1, 0.15) is 0 Å². The summed E-state index contributed by atoms with van der Waals surface area (Å²) < 4.78 is 0. The van der Waals surface area contributed by atoms with Gasteiger partial charge in [-0.15, -0.1) is 11.8 Å². The Morgan fingerprint density at radius 1 is 1.40 bits per heavy atom. The van der Waals surface area contributed by atoms with E-state index in [4.69, 9.17) is 23.2 Å². The van der Waals surface area contributed by atoms with Crippen LogP contribution in [0.1, 0.15) is 12.8 Å². The Labute approximate surface area is 134 Å². The zero-order valence-corrected chi connectivity index (χ0v) is 13.7. The van der Waals surface area contributed by atoms with Gasteiger partial charge >= 0.3 is 0 Å². The zero-order valence-electron chi connectivity index (χ0n) is 11.4. The number of rotatable bonds is 4. The maximum Gasteiger partial charge on any atom is 0.232 e. The lowest BCUT2D eigenvalue weighted by Gasteiger charge is -2.31. The molecular formula is C14H18Cl2N2OS. The minimum Gasteiger partial charge on any atom is -0.342 e. The van der Waals surface area contributed by atoms with Crippen LogP contribution in [0.2, 0.25) is 10.0 Å². The number of benzene rings is 1. The van der Waals surface area contributed by atoms with Gasteiger partial charge in [0.2, 0.25) is 5.91 Å². The first-order chi connectivity index (χ1) is 9.60. The monoisotopic (exact) mass is 332 g/mol. The van der Waals surface area contributed by atoms with E-state index >= 15 is 0 Å². The Morgan fingerprint density at radius 2 is 2.10 bits per heavy atom. The molecule has 0 atom stereocenters. The summed E-state index contributed by atoms with van der Waals surface area (Å²) in [5.41, 5.74) is 0. The summed E-state index contributed by atoms with van der Waals surface area (Å²) in [6, 6.07) is 5.84. The molecule has 1 amide bonds. The lowest BCUT2D eigenvalue weighted by molar-refractivity contribution is -0.129. The number of piperidine rings is 1. The van der Waals surface area contributed by atoms with Crippen molar-refractivity contribution in [2.24, 2.45) is 0 Å². The molecule has 6 heteroatoms. The Hall–Kier alpha value is -0.420. The van der Waals surface area contributed by atoms with E-state index in [1.165, 1.54) is 11.8 Å². The fourth-order valence-corrected chi connectivity index (χ4v) is 3.63. The van der Waals surface area contributed by atoms with Crippen LogP contribution >= 0.6 is 35.0 Å². The molecule has 110 valence electrons. The summed E-state index contributed by atoms with van der Waals surface area (Å²) in [7, 11) is 1.97. The first kappa shape index (κ1) is 16.0. The number of nitrogens with zero attached hydrogens (tertiary/aromatic N) is 1. The van der Waals surface area contributed by atoms with Crippen molar-refractivity contribution in [2.45, 2.75) is 23.8 Å². The van der Waals surface area contributed by atoms with Gasteiger partial charge in [-0.05, 0) is 38.1 Å². The molecular weight excluding hydrogens is 315 g/mol. The van der Waals surface area contributed by atoms with Crippen LogP contribution in [0, 0.1) is 0 Å². The number of amides is 1. The quantitative estimate of drug-likeness (QED) is 0.858. The minimum absolute atomic E-state index is 0.167. The van der Waals surface area contributed by atoms with E-state index in [0.29, 0.717) is 21.8 Å². The van der Waals surface area contributed by atoms with Gasteiger partial charge in [0.05, 0.1) is 10.8 Å². The van der Waals surface area contributed by atoms with Crippen molar-refractivity contribution in [1.29, 1.82) is 0 Å². The Morgan fingerprint density at radius 3 is 2.75 bits per heavy atom. The SMILES string of the molecule is CNC1CCN(C(=O)CSc2cc(Cl)ccc2Cl)CC1. The highest BCUT2D eigenvalue weighted by atomic mass is 35.5. The van der Waals surface area contributed by atoms with Crippen molar-refractivity contribution in [3.63, 3.8) is 0 Å². The maximum absolute atomic E-state index is 12.2. The van der Waals surface area contributed by atoms with Crippen LogP contribution in [0.15, 0.2) is 23.1 Å². The molecule has 0 unspecified atom stereocenters. The van der Waals surface area contributed by atoms with Crippen LogP contribution in [0.4, 0.5) is 0 Å². The maximum atomic E-state index is 12.2. The zero-order chi connectivity index (χ0) is 14.5. The van der Waals surface area contributed by atoms with E-state index in [2.05, 4.69) is 5.32 Å². The average Bonchev–Trinajstić information content (AvgIpc) is 2.48. The number of likely N-dealkylation sites (tertiary alicyclic amines) is 1. The molecule has 1 heterocycles. The summed E-state index contributed by atoms with van der Waals surface area (Å²) in [5.74, 6) is 0.574. The summed E-state index contributed by atoms with van der Waals surface area (Å²) in [4.78, 5) is 15.0. The van der Waals surface area contributed by atoms with Gasteiger partial charge in [0.25, 0.3) is 0 Å². The highest BCUT2D eigenvalue weighted by Gasteiger charge is 2.21. The van der Waals surface area contributed by atoms with Crippen molar-refractivity contribution in [2.75, 3.05) is 25.9 Å². The van der Waals surface area contributed by atoms with E-state index in [0.717, 1.165) is 30.8 Å². The standard InChI is InChI=1S/C14H18Cl2N2OS/c1-17-11-4-6-18(7-5-11)14(19)9-20-13-8-10(15)2-3-12(13)16/h2-3,8,11,17H,4-7,9H2,1H3. The average molecular weight is 333 g/mol. The highest BCUT2D eigenvalue weighted by Crippen LogP contribution is 2.30. The molecule has 1 N–H and O–H groups in total. The van der Waals surface area contributed by atoms with E-state index in [-0.39, 0.29) is 5.91 Å². The lowest BCUT2D eigenvalue weighted by atomic mass is 10.1. The van der Waals surface area contributed by atoms with E-state index in [1.54, 1.807) is 18.2 Å². The summed E-state index contributed by atoms with van der Waals surface area (Å²) >= 11 is 13.5. The van der Waals surface area contributed by atoms with Crippen LogP contribution < -0.4 is 5.32 Å². The van der Waals surface area contributed by atoms with Crippen molar-refractivity contribution in [3.8, 4) is 0 Å². The molecule has 1 aliphatic heterocycles. The molecule has 0 radical (unpaired) electrons. The number of carbonyl (C=O) groups is 1. The normalized spacial score (nSPS) is 16.4. The van der Waals surface area contributed by atoms with Gasteiger partial charge in [0.15, 0.2) is 0 Å².